The van der Waals surface area contributed by atoms with E-state index in [9.17, 15) is 14.9 Å². The average molecular weight is 505 g/mol. The van der Waals surface area contributed by atoms with E-state index in [-0.39, 0.29) is 17.5 Å². The first-order valence-electron chi connectivity index (χ1n) is 10.1. The second-order valence-electron chi connectivity index (χ2n) is 7.45. The van der Waals surface area contributed by atoms with Gasteiger partial charge in [-0.05, 0) is 65.1 Å². The lowest BCUT2D eigenvalue weighted by Gasteiger charge is -2.30. The Balaban J connectivity index is 1.48. The van der Waals surface area contributed by atoms with Gasteiger partial charge in [0.1, 0.15) is 0 Å². The lowest BCUT2D eigenvalue weighted by atomic mass is 9.96. The number of hydrazone groups is 1. The number of amides is 1. The molecular weight excluding hydrogens is 480 g/mol. The zero-order valence-electron chi connectivity index (χ0n) is 17.9. The SMILES string of the molecule is COc1cc(/C=N/NC(=O)C2CCN(Cc3ccc([N+](=O)[O-])cc3)CC2)cc(Br)c1OC. The number of nitrogens with one attached hydrogen (secondary N) is 1. The summed E-state index contributed by atoms with van der Waals surface area (Å²) in [6.45, 7) is 2.27. The van der Waals surface area contributed by atoms with Gasteiger partial charge in [-0.1, -0.05) is 12.1 Å². The molecule has 0 unspecified atom stereocenters. The van der Waals surface area contributed by atoms with Crippen molar-refractivity contribution in [3.63, 3.8) is 0 Å². The number of nitro groups is 1. The van der Waals surface area contributed by atoms with Crippen LogP contribution in [0.3, 0.4) is 0 Å². The highest BCUT2D eigenvalue weighted by Gasteiger charge is 2.25. The fourth-order valence-corrected chi connectivity index (χ4v) is 4.23. The summed E-state index contributed by atoms with van der Waals surface area (Å²) >= 11 is 3.43. The van der Waals surface area contributed by atoms with E-state index in [2.05, 4.69) is 31.4 Å². The van der Waals surface area contributed by atoms with Gasteiger partial charge in [0.25, 0.3) is 5.69 Å². The molecule has 1 aliphatic rings. The van der Waals surface area contributed by atoms with Gasteiger partial charge in [-0.25, -0.2) is 5.43 Å². The van der Waals surface area contributed by atoms with Crippen molar-refractivity contribution in [2.45, 2.75) is 19.4 Å². The first kappa shape index (κ1) is 23.7. The third-order valence-electron chi connectivity index (χ3n) is 5.36. The standard InChI is InChI=1S/C22H25BrN4O5/c1-31-20-12-16(11-19(23)21(20)32-2)13-24-25-22(28)17-7-9-26(10-8-17)14-15-3-5-18(6-4-15)27(29)30/h3-6,11-13,17H,7-10,14H2,1-2H3,(H,25,28)/b24-13+. The van der Waals surface area contributed by atoms with E-state index in [1.165, 1.54) is 12.1 Å². The van der Waals surface area contributed by atoms with Gasteiger partial charge in [-0.2, -0.15) is 5.10 Å². The highest BCUT2D eigenvalue weighted by atomic mass is 79.9. The minimum atomic E-state index is -0.402. The number of ether oxygens (including phenoxy) is 2. The summed E-state index contributed by atoms with van der Waals surface area (Å²) in [4.78, 5) is 25.1. The number of rotatable bonds is 8. The first-order valence-corrected chi connectivity index (χ1v) is 10.9. The number of non-ortho nitro benzene ring substituents is 1. The topological polar surface area (TPSA) is 106 Å². The normalized spacial score (nSPS) is 15.0. The fourth-order valence-electron chi connectivity index (χ4n) is 3.61. The summed E-state index contributed by atoms with van der Waals surface area (Å²) in [6.07, 6.45) is 3.03. The van der Waals surface area contributed by atoms with Crippen LogP contribution in [0.1, 0.15) is 24.0 Å². The molecule has 3 rings (SSSR count). The number of methoxy groups -OCH3 is 2. The molecule has 0 spiro atoms. The van der Waals surface area contributed by atoms with Crippen molar-refractivity contribution in [1.82, 2.24) is 10.3 Å². The molecule has 1 fully saturated rings. The molecule has 1 amide bonds. The van der Waals surface area contributed by atoms with Gasteiger partial charge in [0.05, 0.1) is 29.8 Å². The highest BCUT2D eigenvalue weighted by Crippen LogP contribution is 2.35. The van der Waals surface area contributed by atoms with Crippen molar-refractivity contribution >= 4 is 33.7 Å². The van der Waals surface area contributed by atoms with Crippen LogP contribution >= 0.6 is 15.9 Å². The summed E-state index contributed by atoms with van der Waals surface area (Å²) in [5, 5.41) is 14.8. The second-order valence-corrected chi connectivity index (χ2v) is 8.30. The number of halogens is 1. The van der Waals surface area contributed by atoms with Gasteiger partial charge in [0.2, 0.25) is 5.91 Å². The van der Waals surface area contributed by atoms with Gasteiger partial charge in [0.15, 0.2) is 11.5 Å². The molecule has 0 radical (unpaired) electrons. The van der Waals surface area contributed by atoms with Gasteiger partial charge < -0.3 is 9.47 Å². The molecule has 0 saturated carbocycles. The van der Waals surface area contributed by atoms with Crippen LogP contribution in [0.5, 0.6) is 11.5 Å². The Hall–Kier alpha value is -2.98. The van der Waals surface area contributed by atoms with Crippen molar-refractivity contribution < 1.29 is 19.2 Å². The number of carbonyl (C=O) groups excluding carboxylic acids is 1. The van der Waals surface area contributed by atoms with Gasteiger partial charge in [-0.3, -0.25) is 19.8 Å². The van der Waals surface area contributed by atoms with E-state index < -0.39 is 4.92 Å². The van der Waals surface area contributed by atoms with E-state index in [1.807, 2.05) is 6.07 Å². The number of nitro benzene ring substituents is 1. The molecule has 0 bridgehead atoms. The Morgan fingerprint density at radius 3 is 2.53 bits per heavy atom. The maximum Gasteiger partial charge on any atom is 0.269 e. The molecule has 2 aromatic rings. The zero-order chi connectivity index (χ0) is 23.1. The number of hydrogen-bond donors (Lipinski definition) is 1. The third-order valence-corrected chi connectivity index (χ3v) is 5.95. The fraction of sp³-hybridized carbons (Fsp3) is 0.364. The van der Waals surface area contributed by atoms with E-state index in [4.69, 9.17) is 9.47 Å². The number of carbonyl (C=O) groups is 1. The Bertz CT molecular complexity index is 989. The quantitative estimate of drug-likeness (QED) is 0.333. The molecule has 170 valence electrons. The summed E-state index contributed by atoms with van der Waals surface area (Å²) in [5.74, 6) is 0.956. The van der Waals surface area contributed by atoms with E-state index in [1.54, 1.807) is 38.6 Å². The number of likely N-dealkylation sites (tertiary alicyclic amines) is 1. The molecule has 10 heteroatoms. The van der Waals surface area contributed by atoms with Crippen molar-refractivity contribution in [2.75, 3.05) is 27.3 Å². The van der Waals surface area contributed by atoms with Crippen molar-refractivity contribution in [3.8, 4) is 11.5 Å². The molecule has 1 N–H and O–H groups in total. The number of piperidine rings is 1. The van der Waals surface area contributed by atoms with Crippen molar-refractivity contribution in [2.24, 2.45) is 11.0 Å². The van der Waals surface area contributed by atoms with Gasteiger partial charge >= 0.3 is 0 Å². The summed E-state index contributed by atoms with van der Waals surface area (Å²) in [5.41, 5.74) is 4.49. The summed E-state index contributed by atoms with van der Waals surface area (Å²) in [7, 11) is 3.12. The van der Waals surface area contributed by atoms with Crippen LogP contribution in [0.2, 0.25) is 0 Å². The second kappa shape index (κ2) is 11.1. The van der Waals surface area contributed by atoms with E-state index in [0.717, 1.165) is 41.5 Å². The molecule has 2 aromatic carbocycles. The van der Waals surface area contributed by atoms with Crippen molar-refractivity contribution in [1.29, 1.82) is 0 Å². The Morgan fingerprint density at radius 2 is 1.94 bits per heavy atom. The van der Waals surface area contributed by atoms with Gasteiger partial charge in [0, 0.05) is 24.6 Å². The molecule has 0 atom stereocenters. The number of hydrogen-bond acceptors (Lipinski definition) is 7. The Kier molecular flexibility index (Phi) is 8.18. The van der Waals surface area contributed by atoms with Crippen LogP contribution in [0.15, 0.2) is 46.0 Å². The van der Waals surface area contributed by atoms with Crippen LogP contribution in [-0.4, -0.2) is 49.3 Å². The average Bonchev–Trinajstić information content (AvgIpc) is 2.79. The van der Waals surface area contributed by atoms with Crippen LogP contribution in [0, 0.1) is 16.0 Å². The van der Waals surface area contributed by atoms with Gasteiger partial charge in [-0.15, -0.1) is 0 Å². The predicted molar refractivity (Wildman–Crippen MR) is 124 cm³/mol. The van der Waals surface area contributed by atoms with Crippen LogP contribution in [0.25, 0.3) is 0 Å². The molecule has 1 heterocycles. The molecular formula is C22H25BrN4O5. The van der Waals surface area contributed by atoms with Crippen LogP contribution in [0.4, 0.5) is 5.69 Å². The predicted octanol–water partition coefficient (Wildman–Crippen LogP) is 3.74. The molecule has 9 nitrogen and oxygen atoms in total. The molecule has 1 saturated heterocycles. The summed E-state index contributed by atoms with van der Waals surface area (Å²) < 4.78 is 11.3. The van der Waals surface area contributed by atoms with Crippen LogP contribution in [-0.2, 0) is 11.3 Å². The molecule has 0 aliphatic carbocycles. The lowest BCUT2D eigenvalue weighted by Crippen LogP contribution is -2.39. The van der Waals surface area contributed by atoms with E-state index in [0.29, 0.717) is 18.0 Å². The third kappa shape index (κ3) is 6.04. The lowest BCUT2D eigenvalue weighted by molar-refractivity contribution is -0.384. The largest absolute Gasteiger partial charge is 0.493 e. The minimum Gasteiger partial charge on any atom is -0.493 e. The maximum atomic E-state index is 12.5. The minimum absolute atomic E-state index is 0.0881. The molecule has 1 aliphatic heterocycles. The maximum absolute atomic E-state index is 12.5. The Morgan fingerprint density at radius 1 is 1.25 bits per heavy atom. The monoisotopic (exact) mass is 504 g/mol. The molecule has 32 heavy (non-hydrogen) atoms. The van der Waals surface area contributed by atoms with E-state index >= 15 is 0 Å². The smallest absolute Gasteiger partial charge is 0.269 e. The van der Waals surface area contributed by atoms with Crippen LogP contribution < -0.4 is 14.9 Å². The number of nitrogens with zero attached hydrogens (tertiary/aromatic N) is 3. The first-order chi connectivity index (χ1) is 15.4. The zero-order valence-corrected chi connectivity index (χ0v) is 19.5. The number of benzene rings is 2. The highest BCUT2D eigenvalue weighted by molar-refractivity contribution is 9.10. The Labute approximate surface area is 194 Å². The molecule has 0 aromatic heterocycles. The van der Waals surface area contributed by atoms with Crippen molar-refractivity contribution in [3.05, 3.63) is 62.1 Å². The summed E-state index contributed by atoms with van der Waals surface area (Å²) in [6, 6.07) is 10.2.